The molecule has 0 aromatic carbocycles. The fourth-order valence-electron chi connectivity index (χ4n) is 7.45. The van der Waals surface area contributed by atoms with E-state index in [-0.39, 0.29) is 11.7 Å². The summed E-state index contributed by atoms with van der Waals surface area (Å²) >= 11 is 0. The molecule has 10 nitrogen and oxygen atoms in total. The molecular weight excluding hydrogens is 498 g/mol. The van der Waals surface area contributed by atoms with E-state index in [1.165, 1.54) is 6.42 Å². The molecule has 3 saturated heterocycles. The standard InChI is InChI=1S/C29H39N5O5/c1-19(21-8-6-12-33(21)2)38-24-15-23(34-13-14-37-28(16-34)17-36-18-28)30-27(31-24)25-20-7-5-11-29(26(20)39-32-25)10-4-3-9-22(29)35/h15,19,21H,3-14,16-18H2,1-2H3/t19-,21-,29+/m0/s1. The van der Waals surface area contributed by atoms with Crippen molar-refractivity contribution in [3.63, 3.8) is 0 Å². The van der Waals surface area contributed by atoms with Crippen molar-refractivity contribution in [1.29, 1.82) is 0 Å². The fourth-order valence-corrected chi connectivity index (χ4v) is 7.45. The highest BCUT2D eigenvalue weighted by molar-refractivity contribution is 5.91. The topological polar surface area (TPSA) is 103 Å². The van der Waals surface area contributed by atoms with Gasteiger partial charge in [0.2, 0.25) is 5.88 Å². The number of rotatable bonds is 5. The molecule has 2 aromatic rings. The van der Waals surface area contributed by atoms with E-state index in [2.05, 4.69) is 28.9 Å². The molecule has 0 N–H and O–H groups in total. The highest BCUT2D eigenvalue weighted by Gasteiger charge is 2.49. The van der Waals surface area contributed by atoms with Crippen LogP contribution in [0.3, 0.4) is 0 Å². The second kappa shape index (κ2) is 9.82. The van der Waals surface area contributed by atoms with Crippen LogP contribution in [0.5, 0.6) is 5.88 Å². The predicted octanol–water partition coefficient (Wildman–Crippen LogP) is 3.32. The van der Waals surface area contributed by atoms with Gasteiger partial charge in [-0.3, -0.25) is 9.69 Å². The van der Waals surface area contributed by atoms with Gasteiger partial charge in [-0.2, -0.15) is 4.98 Å². The number of ketones is 1. The van der Waals surface area contributed by atoms with Crippen LogP contribution >= 0.6 is 0 Å². The Balaban J connectivity index is 1.26. The quantitative estimate of drug-likeness (QED) is 0.564. The number of ether oxygens (including phenoxy) is 3. The Morgan fingerprint density at radius 2 is 1.97 bits per heavy atom. The maximum absolute atomic E-state index is 13.2. The molecular formula is C29H39N5O5. The van der Waals surface area contributed by atoms with Crippen LogP contribution in [0, 0.1) is 0 Å². The third kappa shape index (κ3) is 4.35. The van der Waals surface area contributed by atoms with E-state index in [0.29, 0.717) is 62.0 Å². The summed E-state index contributed by atoms with van der Waals surface area (Å²) in [6, 6.07) is 2.30. The van der Waals surface area contributed by atoms with Gasteiger partial charge < -0.3 is 23.6 Å². The summed E-state index contributed by atoms with van der Waals surface area (Å²) in [6.07, 6.45) is 8.33. The van der Waals surface area contributed by atoms with Crippen LogP contribution in [-0.2, 0) is 26.1 Å². The number of hydrogen-bond donors (Lipinski definition) is 0. The van der Waals surface area contributed by atoms with Crippen LogP contribution in [0.4, 0.5) is 5.82 Å². The van der Waals surface area contributed by atoms with Crippen LogP contribution in [0.25, 0.3) is 11.5 Å². The lowest BCUT2D eigenvalue weighted by Crippen LogP contribution is -2.63. The van der Waals surface area contributed by atoms with Crippen molar-refractivity contribution in [3.8, 4) is 17.4 Å². The van der Waals surface area contributed by atoms with Crippen LogP contribution in [0.2, 0.25) is 0 Å². The van der Waals surface area contributed by atoms with Crippen molar-refractivity contribution >= 4 is 11.6 Å². The number of Topliss-reactive ketones (excluding diaryl/α,β-unsaturated/α-hetero) is 1. The molecule has 2 aromatic heterocycles. The van der Waals surface area contributed by atoms with Gasteiger partial charge in [0.15, 0.2) is 17.3 Å². The van der Waals surface area contributed by atoms with Crippen LogP contribution in [-0.4, -0.2) is 90.1 Å². The van der Waals surface area contributed by atoms with Gasteiger partial charge >= 0.3 is 0 Å². The third-order valence-corrected chi connectivity index (χ3v) is 9.67. The first-order valence-electron chi connectivity index (χ1n) is 14.7. The SMILES string of the molecule is C[C@H](Oc1cc(N2CCOC3(COC3)C2)nc(-c2noc3c2CCC[C@@]32CCCCC2=O)n1)[C@@H]1CCCN1C. The zero-order valence-corrected chi connectivity index (χ0v) is 23.1. The van der Waals surface area contributed by atoms with Crippen LogP contribution in [0.15, 0.2) is 10.6 Å². The number of hydrogen-bond acceptors (Lipinski definition) is 10. The van der Waals surface area contributed by atoms with Crippen molar-refractivity contribution < 1.29 is 23.5 Å². The molecule has 0 unspecified atom stereocenters. The minimum Gasteiger partial charge on any atom is -0.473 e. The monoisotopic (exact) mass is 537 g/mol. The molecule has 4 fully saturated rings. The highest BCUT2D eigenvalue weighted by Crippen LogP contribution is 2.47. The second-order valence-electron chi connectivity index (χ2n) is 12.3. The number of fused-ring (bicyclic) bond motifs is 2. The third-order valence-electron chi connectivity index (χ3n) is 9.67. The van der Waals surface area contributed by atoms with E-state index in [0.717, 1.165) is 75.2 Å². The molecule has 3 aliphatic heterocycles. The molecule has 1 saturated carbocycles. The van der Waals surface area contributed by atoms with E-state index < -0.39 is 5.41 Å². The van der Waals surface area contributed by atoms with Gasteiger partial charge in [0, 0.05) is 30.6 Å². The summed E-state index contributed by atoms with van der Waals surface area (Å²) in [4.78, 5) is 27.7. The van der Waals surface area contributed by atoms with Gasteiger partial charge in [0.1, 0.15) is 23.3 Å². The smallest absolute Gasteiger partial charge is 0.219 e. The minimum absolute atomic E-state index is 0.0153. The Hall–Kier alpha value is -2.56. The van der Waals surface area contributed by atoms with Gasteiger partial charge in [-0.25, -0.2) is 4.98 Å². The molecule has 10 heteroatoms. The van der Waals surface area contributed by atoms with Crippen molar-refractivity contribution in [1.82, 2.24) is 20.0 Å². The summed E-state index contributed by atoms with van der Waals surface area (Å²) in [5.41, 5.74) is 0.838. The second-order valence-corrected chi connectivity index (χ2v) is 12.3. The maximum atomic E-state index is 13.2. The van der Waals surface area contributed by atoms with Gasteiger partial charge in [-0.1, -0.05) is 11.6 Å². The number of likely N-dealkylation sites (tertiary alicyclic amines) is 1. The minimum atomic E-state index is -0.531. The van der Waals surface area contributed by atoms with Crippen molar-refractivity contribution in [3.05, 3.63) is 17.4 Å². The van der Waals surface area contributed by atoms with Crippen LogP contribution < -0.4 is 9.64 Å². The van der Waals surface area contributed by atoms with Crippen molar-refractivity contribution in [2.24, 2.45) is 0 Å². The summed E-state index contributed by atoms with van der Waals surface area (Å²) < 4.78 is 24.1. The molecule has 0 bridgehead atoms. The summed E-state index contributed by atoms with van der Waals surface area (Å²) in [5.74, 6) is 2.90. The number of likely N-dealkylation sites (N-methyl/N-ethyl adjacent to an activating group) is 1. The molecule has 7 rings (SSSR count). The Labute approximate surface area is 229 Å². The Bertz CT molecular complexity index is 1240. The number of anilines is 1. The van der Waals surface area contributed by atoms with E-state index >= 15 is 0 Å². The zero-order chi connectivity index (χ0) is 26.6. The number of morpholine rings is 1. The normalized spacial score (nSPS) is 29.4. The molecule has 5 heterocycles. The Morgan fingerprint density at radius 1 is 1.10 bits per heavy atom. The first kappa shape index (κ1) is 25.4. The number of carbonyl (C=O) groups is 1. The fraction of sp³-hybridized carbons (Fsp3) is 0.724. The Kier molecular flexibility index (Phi) is 6.40. The largest absolute Gasteiger partial charge is 0.473 e. The van der Waals surface area contributed by atoms with Gasteiger partial charge in [0.25, 0.3) is 0 Å². The molecule has 2 spiro atoms. The zero-order valence-electron chi connectivity index (χ0n) is 23.1. The predicted molar refractivity (Wildman–Crippen MR) is 143 cm³/mol. The number of carbonyl (C=O) groups excluding carboxylic acids is 1. The number of nitrogens with zero attached hydrogens (tertiary/aromatic N) is 5. The van der Waals surface area contributed by atoms with Crippen molar-refractivity contribution in [2.45, 2.75) is 87.9 Å². The molecule has 5 aliphatic rings. The molecule has 0 radical (unpaired) electrons. The van der Waals surface area contributed by atoms with Gasteiger partial charge in [0.05, 0.1) is 31.8 Å². The lowest BCUT2D eigenvalue weighted by Gasteiger charge is -2.48. The average Bonchev–Trinajstić information content (AvgIpc) is 3.56. The molecule has 0 amide bonds. The molecule has 3 atom stereocenters. The summed E-state index contributed by atoms with van der Waals surface area (Å²) in [5, 5.41) is 4.52. The van der Waals surface area contributed by atoms with E-state index in [1.807, 2.05) is 6.07 Å². The first-order valence-corrected chi connectivity index (χ1v) is 14.7. The Morgan fingerprint density at radius 3 is 2.74 bits per heavy atom. The highest BCUT2D eigenvalue weighted by atomic mass is 16.6. The van der Waals surface area contributed by atoms with Crippen LogP contribution in [0.1, 0.15) is 69.6 Å². The molecule has 39 heavy (non-hydrogen) atoms. The lowest BCUT2D eigenvalue weighted by atomic mass is 9.64. The number of aromatic nitrogens is 3. The summed E-state index contributed by atoms with van der Waals surface area (Å²) in [7, 11) is 2.16. The maximum Gasteiger partial charge on any atom is 0.219 e. The first-order chi connectivity index (χ1) is 19.0. The van der Waals surface area contributed by atoms with Gasteiger partial charge in [-0.05, 0) is 65.5 Å². The average molecular weight is 538 g/mol. The molecule has 2 aliphatic carbocycles. The van der Waals surface area contributed by atoms with E-state index in [4.69, 9.17) is 28.7 Å². The summed E-state index contributed by atoms with van der Waals surface area (Å²) in [6.45, 7) is 6.46. The van der Waals surface area contributed by atoms with Crippen molar-refractivity contribution in [2.75, 3.05) is 51.4 Å². The molecule has 210 valence electrons. The van der Waals surface area contributed by atoms with E-state index in [9.17, 15) is 4.79 Å². The lowest BCUT2D eigenvalue weighted by molar-refractivity contribution is -0.211. The van der Waals surface area contributed by atoms with E-state index in [1.54, 1.807) is 0 Å². The van der Waals surface area contributed by atoms with Gasteiger partial charge in [-0.15, -0.1) is 0 Å².